The molecule has 1 aliphatic carbocycles. The molecule has 0 radical (unpaired) electrons. The molecule has 1 saturated carbocycles. The lowest BCUT2D eigenvalue weighted by Gasteiger charge is -2.22. The van der Waals surface area contributed by atoms with Crippen LogP contribution in [0.2, 0.25) is 0 Å². The fourth-order valence-electron chi connectivity index (χ4n) is 1.94. The molecule has 1 aliphatic rings. The molecule has 0 aromatic rings. The third-order valence-electron chi connectivity index (χ3n) is 2.73. The van der Waals surface area contributed by atoms with Crippen molar-refractivity contribution in [3.63, 3.8) is 0 Å². The maximum atomic E-state index is 11.7. The highest BCUT2D eigenvalue weighted by Gasteiger charge is 2.20. The zero-order valence-electron chi connectivity index (χ0n) is 9.33. The van der Waals surface area contributed by atoms with Crippen molar-refractivity contribution < 1.29 is 4.79 Å². The molecule has 0 atom stereocenters. The summed E-state index contributed by atoms with van der Waals surface area (Å²) in [6, 6.07) is 2.27. The Balaban J connectivity index is 2.37. The van der Waals surface area contributed by atoms with E-state index in [0.29, 0.717) is 12.6 Å². The molecule has 0 bridgehead atoms. The van der Waals surface area contributed by atoms with Gasteiger partial charge in [-0.25, -0.2) is 4.79 Å². The van der Waals surface area contributed by atoms with Crippen LogP contribution in [0, 0.1) is 11.3 Å². The Labute approximate surface area is 91.2 Å². The summed E-state index contributed by atoms with van der Waals surface area (Å²) in [6.45, 7) is 2.85. The van der Waals surface area contributed by atoms with Crippen LogP contribution in [0.25, 0.3) is 0 Å². The summed E-state index contributed by atoms with van der Waals surface area (Å²) in [5.41, 5.74) is 0. The molecule has 0 heterocycles. The van der Waals surface area contributed by atoms with Gasteiger partial charge in [-0.2, -0.15) is 5.26 Å². The van der Waals surface area contributed by atoms with Gasteiger partial charge < -0.3 is 10.2 Å². The molecule has 1 N–H and O–H groups in total. The first-order chi connectivity index (χ1) is 7.27. The fraction of sp³-hybridized carbons (Fsp3) is 0.818. The van der Waals surface area contributed by atoms with E-state index in [1.807, 2.05) is 13.0 Å². The van der Waals surface area contributed by atoms with Crippen molar-refractivity contribution >= 4 is 6.03 Å². The van der Waals surface area contributed by atoms with Crippen molar-refractivity contribution in [1.82, 2.24) is 10.2 Å². The summed E-state index contributed by atoms with van der Waals surface area (Å²) < 4.78 is 0. The Morgan fingerprint density at radius 2 is 2.20 bits per heavy atom. The van der Waals surface area contributed by atoms with Crippen LogP contribution in [0.15, 0.2) is 0 Å². The summed E-state index contributed by atoms with van der Waals surface area (Å²) >= 11 is 0. The summed E-state index contributed by atoms with van der Waals surface area (Å²) in [7, 11) is 0. The number of carbonyl (C=O) groups excluding carboxylic acids is 1. The second kappa shape index (κ2) is 6.28. The number of nitrogens with one attached hydrogen (secondary N) is 1. The molecule has 2 amide bonds. The zero-order valence-corrected chi connectivity index (χ0v) is 9.33. The minimum atomic E-state index is -0.0784. The van der Waals surface area contributed by atoms with E-state index in [4.69, 9.17) is 5.26 Å². The maximum absolute atomic E-state index is 11.7. The second-order valence-corrected chi connectivity index (χ2v) is 4.01. The van der Waals surface area contributed by atoms with Gasteiger partial charge in [-0.05, 0) is 19.3 Å². The van der Waals surface area contributed by atoms with E-state index in [9.17, 15) is 4.79 Å². The molecular weight excluding hydrogens is 190 g/mol. The first-order valence-corrected chi connectivity index (χ1v) is 5.70. The Kier molecular flexibility index (Phi) is 4.96. The highest BCUT2D eigenvalue weighted by Crippen LogP contribution is 2.17. The molecule has 0 spiro atoms. The van der Waals surface area contributed by atoms with Crippen molar-refractivity contribution in [2.24, 2.45) is 0 Å². The van der Waals surface area contributed by atoms with Crippen molar-refractivity contribution in [2.75, 3.05) is 13.1 Å². The number of carbonyl (C=O) groups is 1. The lowest BCUT2D eigenvalue weighted by Crippen LogP contribution is -2.44. The SMILES string of the molecule is CCCN(CC#N)C(=O)NC1CCCC1. The van der Waals surface area contributed by atoms with Crippen LogP contribution in [0.5, 0.6) is 0 Å². The number of nitriles is 1. The average molecular weight is 209 g/mol. The first kappa shape index (κ1) is 11.8. The van der Waals surface area contributed by atoms with E-state index in [1.54, 1.807) is 4.90 Å². The van der Waals surface area contributed by atoms with Gasteiger partial charge in [0.05, 0.1) is 6.07 Å². The number of urea groups is 1. The van der Waals surface area contributed by atoms with Gasteiger partial charge in [0, 0.05) is 12.6 Å². The van der Waals surface area contributed by atoms with Gasteiger partial charge in [-0.3, -0.25) is 0 Å². The van der Waals surface area contributed by atoms with Gasteiger partial charge in [0.2, 0.25) is 0 Å². The summed E-state index contributed by atoms with van der Waals surface area (Å²) in [6.07, 6.45) is 5.46. The molecule has 0 aromatic heterocycles. The smallest absolute Gasteiger partial charge is 0.318 e. The minimum Gasteiger partial charge on any atom is -0.335 e. The molecule has 1 rings (SSSR count). The molecule has 15 heavy (non-hydrogen) atoms. The van der Waals surface area contributed by atoms with Crippen LogP contribution in [-0.2, 0) is 0 Å². The van der Waals surface area contributed by atoms with E-state index >= 15 is 0 Å². The summed E-state index contributed by atoms with van der Waals surface area (Å²) in [5.74, 6) is 0. The monoisotopic (exact) mass is 209 g/mol. The Morgan fingerprint density at radius 3 is 2.73 bits per heavy atom. The molecule has 0 saturated heterocycles. The van der Waals surface area contributed by atoms with Gasteiger partial charge >= 0.3 is 6.03 Å². The van der Waals surface area contributed by atoms with E-state index in [1.165, 1.54) is 12.8 Å². The van der Waals surface area contributed by atoms with E-state index in [2.05, 4.69) is 5.32 Å². The average Bonchev–Trinajstić information content (AvgIpc) is 2.70. The van der Waals surface area contributed by atoms with Crippen LogP contribution in [0.3, 0.4) is 0 Å². The van der Waals surface area contributed by atoms with Gasteiger partial charge in [0.15, 0.2) is 0 Å². The number of nitrogens with zero attached hydrogens (tertiary/aromatic N) is 2. The summed E-state index contributed by atoms with van der Waals surface area (Å²) in [5, 5.41) is 11.6. The Hall–Kier alpha value is -1.24. The van der Waals surface area contributed by atoms with Crippen LogP contribution in [0.1, 0.15) is 39.0 Å². The van der Waals surface area contributed by atoms with Gasteiger partial charge in [0.1, 0.15) is 6.54 Å². The molecule has 1 fully saturated rings. The molecular formula is C11H19N3O. The Bertz CT molecular complexity index is 241. The highest BCUT2D eigenvalue weighted by atomic mass is 16.2. The van der Waals surface area contributed by atoms with E-state index in [0.717, 1.165) is 19.3 Å². The van der Waals surface area contributed by atoms with Crippen LogP contribution >= 0.6 is 0 Å². The predicted molar refractivity (Wildman–Crippen MR) is 58.3 cm³/mol. The van der Waals surface area contributed by atoms with Crippen LogP contribution in [0.4, 0.5) is 4.79 Å². The van der Waals surface area contributed by atoms with Crippen molar-refractivity contribution in [2.45, 2.75) is 45.1 Å². The van der Waals surface area contributed by atoms with E-state index < -0.39 is 0 Å². The maximum Gasteiger partial charge on any atom is 0.318 e. The van der Waals surface area contributed by atoms with Gasteiger partial charge in [0.25, 0.3) is 0 Å². The first-order valence-electron chi connectivity index (χ1n) is 5.70. The molecule has 0 aliphatic heterocycles. The molecule has 4 nitrogen and oxygen atoms in total. The number of amides is 2. The number of rotatable bonds is 4. The fourth-order valence-corrected chi connectivity index (χ4v) is 1.94. The Morgan fingerprint density at radius 1 is 1.53 bits per heavy atom. The van der Waals surface area contributed by atoms with Crippen molar-refractivity contribution in [3.05, 3.63) is 0 Å². The minimum absolute atomic E-state index is 0.0784. The van der Waals surface area contributed by atoms with Crippen LogP contribution in [-0.4, -0.2) is 30.1 Å². The molecule has 0 aromatic carbocycles. The second-order valence-electron chi connectivity index (χ2n) is 4.01. The molecule has 84 valence electrons. The largest absolute Gasteiger partial charge is 0.335 e. The quantitative estimate of drug-likeness (QED) is 0.719. The third-order valence-corrected chi connectivity index (χ3v) is 2.73. The zero-order chi connectivity index (χ0) is 11.1. The lowest BCUT2D eigenvalue weighted by atomic mass is 10.2. The van der Waals surface area contributed by atoms with Crippen LogP contribution < -0.4 is 5.32 Å². The van der Waals surface area contributed by atoms with Crippen molar-refractivity contribution in [3.8, 4) is 6.07 Å². The lowest BCUT2D eigenvalue weighted by molar-refractivity contribution is 0.200. The number of hydrogen-bond donors (Lipinski definition) is 1. The normalized spacial score (nSPS) is 16.0. The predicted octanol–water partition coefficient (Wildman–Crippen LogP) is 1.87. The van der Waals surface area contributed by atoms with Crippen molar-refractivity contribution in [1.29, 1.82) is 5.26 Å². The molecule has 4 heteroatoms. The third kappa shape index (κ3) is 3.78. The molecule has 0 unspecified atom stereocenters. The standard InChI is InChI=1S/C11H19N3O/c1-2-8-14(9-7-12)11(15)13-10-5-3-4-6-10/h10H,2-6,8-9H2,1H3,(H,13,15). The van der Waals surface area contributed by atoms with Gasteiger partial charge in [-0.1, -0.05) is 19.8 Å². The highest BCUT2D eigenvalue weighted by molar-refractivity contribution is 5.74. The topological polar surface area (TPSA) is 56.1 Å². The number of hydrogen-bond acceptors (Lipinski definition) is 2. The van der Waals surface area contributed by atoms with E-state index in [-0.39, 0.29) is 12.6 Å². The van der Waals surface area contributed by atoms with Gasteiger partial charge in [-0.15, -0.1) is 0 Å². The summed E-state index contributed by atoms with van der Waals surface area (Å²) in [4.78, 5) is 13.3.